The van der Waals surface area contributed by atoms with E-state index in [2.05, 4.69) is 10.6 Å². The Morgan fingerprint density at radius 2 is 2.21 bits per heavy atom. The summed E-state index contributed by atoms with van der Waals surface area (Å²) in [7, 11) is 0. The van der Waals surface area contributed by atoms with E-state index in [9.17, 15) is 9.59 Å². The van der Waals surface area contributed by atoms with Crippen molar-refractivity contribution in [1.29, 1.82) is 0 Å². The third-order valence-corrected chi connectivity index (χ3v) is 3.88. The molecule has 2 amide bonds. The van der Waals surface area contributed by atoms with Gasteiger partial charge in [-0.25, -0.2) is 9.59 Å². The number of carbonyl (C=O) groups is 2. The number of hydrogen-bond acceptors (Lipinski definition) is 3. The maximum atomic E-state index is 11.7. The van der Waals surface area contributed by atoms with Gasteiger partial charge in [0.15, 0.2) is 0 Å². The number of thiophene rings is 1. The Kier molecular flexibility index (Phi) is 4.42. The number of rotatable bonds is 6. The third-order valence-electron chi connectivity index (χ3n) is 3.15. The van der Waals surface area contributed by atoms with Gasteiger partial charge in [-0.05, 0) is 54.5 Å². The molecule has 1 fully saturated rings. The van der Waals surface area contributed by atoms with Gasteiger partial charge in [-0.2, -0.15) is 11.3 Å². The van der Waals surface area contributed by atoms with Crippen LogP contribution < -0.4 is 10.6 Å². The number of carboxylic acids is 1. The molecule has 0 radical (unpaired) electrons. The van der Waals surface area contributed by atoms with Crippen LogP contribution in [0.2, 0.25) is 0 Å². The summed E-state index contributed by atoms with van der Waals surface area (Å²) < 4.78 is 0. The minimum Gasteiger partial charge on any atom is -0.480 e. The van der Waals surface area contributed by atoms with Crippen LogP contribution in [0.25, 0.3) is 0 Å². The lowest BCUT2D eigenvalue weighted by Gasteiger charge is -2.17. The molecule has 0 aromatic carbocycles. The van der Waals surface area contributed by atoms with Crippen molar-refractivity contribution in [1.82, 2.24) is 10.6 Å². The molecule has 0 aliphatic heterocycles. The highest BCUT2D eigenvalue weighted by atomic mass is 32.1. The lowest BCUT2D eigenvalue weighted by molar-refractivity contribution is -0.139. The molecule has 2 unspecified atom stereocenters. The highest BCUT2D eigenvalue weighted by molar-refractivity contribution is 7.07. The van der Waals surface area contributed by atoms with Crippen LogP contribution >= 0.6 is 11.3 Å². The fourth-order valence-corrected chi connectivity index (χ4v) is 2.71. The molecule has 2 rings (SSSR count). The summed E-state index contributed by atoms with van der Waals surface area (Å²) in [5.41, 5.74) is 1.18. The molecule has 104 valence electrons. The second kappa shape index (κ2) is 6.06. The van der Waals surface area contributed by atoms with Crippen LogP contribution in [0.1, 0.15) is 25.3 Å². The summed E-state index contributed by atoms with van der Waals surface area (Å²) >= 11 is 1.62. The molecule has 1 aromatic heterocycles. The number of amides is 2. The molecule has 0 saturated heterocycles. The van der Waals surface area contributed by atoms with Crippen LogP contribution in [0.3, 0.4) is 0 Å². The average Bonchev–Trinajstić information content (AvgIpc) is 3.04. The molecule has 19 heavy (non-hydrogen) atoms. The summed E-state index contributed by atoms with van der Waals surface area (Å²) in [5.74, 6) is -0.862. The summed E-state index contributed by atoms with van der Waals surface area (Å²) in [6.07, 6.45) is 2.50. The Bertz CT molecular complexity index is 443. The van der Waals surface area contributed by atoms with E-state index in [1.54, 1.807) is 11.3 Å². The molecule has 1 aliphatic carbocycles. The number of hydrogen-bond donors (Lipinski definition) is 3. The maximum Gasteiger partial charge on any atom is 0.326 e. The second-order valence-electron chi connectivity index (χ2n) is 5.01. The minimum atomic E-state index is -0.955. The zero-order valence-corrected chi connectivity index (χ0v) is 11.6. The first-order valence-corrected chi connectivity index (χ1v) is 7.31. The Morgan fingerprint density at radius 3 is 2.74 bits per heavy atom. The van der Waals surface area contributed by atoms with Gasteiger partial charge in [0, 0.05) is 6.04 Å². The fraction of sp³-hybridized carbons (Fsp3) is 0.538. The molecule has 0 spiro atoms. The summed E-state index contributed by atoms with van der Waals surface area (Å²) in [6, 6.07) is 0.837. The Labute approximate surface area is 116 Å². The van der Waals surface area contributed by atoms with Gasteiger partial charge in [-0.3, -0.25) is 0 Å². The largest absolute Gasteiger partial charge is 0.480 e. The van der Waals surface area contributed by atoms with Crippen molar-refractivity contribution in [3.8, 4) is 0 Å². The normalized spacial score (nSPS) is 17.5. The van der Waals surface area contributed by atoms with Crippen molar-refractivity contribution in [3.05, 3.63) is 22.4 Å². The van der Waals surface area contributed by atoms with Gasteiger partial charge in [0.05, 0.1) is 0 Å². The van der Waals surface area contributed by atoms with Crippen LogP contribution in [-0.4, -0.2) is 29.2 Å². The molecule has 1 heterocycles. The van der Waals surface area contributed by atoms with Crippen molar-refractivity contribution >= 4 is 23.3 Å². The van der Waals surface area contributed by atoms with Gasteiger partial charge < -0.3 is 15.7 Å². The molecule has 3 N–H and O–H groups in total. The Hall–Kier alpha value is -1.56. The number of carboxylic acid groups (broad SMARTS) is 1. The van der Waals surface area contributed by atoms with Crippen LogP contribution in [0.5, 0.6) is 0 Å². The minimum absolute atomic E-state index is 0.0248. The van der Waals surface area contributed by atoms with Crippen molar-refractivity contribution < 1.29 is 14.7 Å². The van der Waals surface area contributed by atoms with Crippen LogP contribution in [0, 0.1) is 5.92 Å². The zero-order valence-electron chi connectivity index (χ0n) is 10.8. The van der Waals surface area contributed by atoms with E-state index in [4.69, 9.17) is 5.11 Å². The van der Waals surface area contributed by atoms with E-state index in [0.29, 0.717) is 0 Å². The van der Waals surface area contributed by atoms with Gasteiger partial charge in [0.25, 0.3) is 0 Å². The average molecular weight is 282 g/mol. The Balaban J connectivity index is 1.78. The number of carbonyl (C=O) groups excluding carboxylic acids is 1. The standard InChI is InChI=1S/C13H18N2O3S/c1-8(6-9-4-5-19-7-9)14-13(18)15-11(12(16)17)10-2-3-10/h4-5,7-8,10-11H,2-3,6H2,1H3,(H,16,17)(H2,14,15,18). The summed E-state index contributed by atoms with van der Waals surface area (Å²) in [4.78, 5) is 22.8. The van der Waals surface area contributed by atoms with Crippen LogP contribution in [-0.2, 0) is 11.2 Å². The predicted octanol–water partition coefficient (Wildman–Crippen LogP) is 1.84. The molecule has 6 heteroatoms. The van der Waals surface area contributed by atoms with Gasteiger partial charge in [0.2, 0.25) is 0 Å². The Morgan fingerprint density at radius 1 is 1.47 bits per heavy atom. The SMILES string of the molecule is CC(Cc1ccsc1)NC(=O)NC(C(=O)O)C1CC1. The first-order valence-electron chi connectivity index (χ1n) is 6.37. The van der Waals surface area contributed by atoms with Crippen molar-refractivity contribution in [2.24, 2.45) is 5.92 Å². The number of aliphatic carboxylic acids is 1. The van der Waals surface area contributed by atoms with E-state index >= 15 is 0 Å². The van der Waals surface area contributed by atoms with E-state index in [1.807, 2.05) is 23.8 Å². The quantitative estimate of drug-likeness (QED) is 0.745. The van der Waals surface area contributed by atoms with Crippen molar-refractivity contribution in [2.75, 3.05) is 0 Å². The molecule has 2 atom stereocenters. The fourth-order valence-electron chi connectivity index (χ4n) is 2.03. The van der Waals surface area contributed by atoms with E-state index in [-0.39, 0.29) is 12.0 Å². The summed E-state index contributed by atoms with van der Waals surface area (Å²) in [6.45, 7) is 1.91. The number of nitrogens with one attached hydrogen (secondary N) is 2. The molecule has 1 aromatic rings. The van der Waals surface area contributed by atoms with Crippen LogP contribution in [0.15, 0.2) is 16.8 Å². The van der Waals surface area contributed by atoms with E-state index in [0.717, 1.165) is 19.3 Å². The first kappa shape index (κ1) is 13.9. The molecular weight excluding hydrogens is 264 g/mol. The van der Waals surface area contributed by atoms with Crippen molar-refractivity contribution in [3.63, 3.8) is 0 Å². The van der Waals surface area contributed by atoms with Gasteiger partial charge in [0.1, 0.15) is 6.04 Å². The third kappa shape index (κ3) is 4.24. The van der Waals surface area contributed by atoms with Crippen molar-refractivity contribution in [2.45, 2.75) is 38.3 Å². The van der Waals surface area contributed by atoms with E-state index < -0.39 is 18.0 Å². The highest BCUT2D eigenvalue weighted by Crippen LogP contribution is 2.32. The zero-order chi connectivity index (χ0) is 13.8. The van der Waals surface area contributed by atoms with E-state index in [1.165, 1.54) is 5.56 Å². The molecule has 5 nitrogen and oxygen atoms in total. The number of urea groups is 1. The monoisotopic (exact) mass is 282 g/mol. The second-order valence-corrected chi connectivity index (χ2v) is 5.79. The molecule has 1 aliphatic rings. The summed E-state index contributed by atoms with van der Waals surface area (Å²) in [5, 5.41) is 18.4. The topological polar surface area (TPSA) is 78.4 Å². The van der Waals surface area contributed by atoms with Gasteiger partial charge in [-0.15, -0.1) is 0 Å². The van der Waals surface area contributed by atoms with Gasteiger partial charge >= 0.3 is 12.0 Å². The molecule has 1 saturated carbocycles. The smallest absolute Gasteiger partial charge is 0.326 e. The maximum absolute atomic E-state index is 11.7. The lowest BCUT2D eigenvalue weighted by Crippen LogP contribution is -2.49. The molecule has 0 bridgehead atoms. The lowest BCUT2D eigenvalue weighted by atomic mass is 10.1. The predicted molar refractivity (Wildman–Crippen MR) is 73.3 cm³/mol. The first-order chi connectivity index (χ1) is 9.06. The van der Waals surface area contributed by atoms with Crippen LogP contribution in [0.4, 0.5) is 4.79 Å². The molecular formula is C13H18N2O3S. The highest BCUT2D eigenvalue weighted by Gasteiger charge is 2.37. The van der Waals surface area contributed by atoms with Gasteiger partial charge in [-0.1, -0.05) is 0 Å².